The van der Waals surface area contributed by atoms with Crippen molar-refractivity contribution in [3.63, 3.8) is 0 Å². The minimum atomic E-state index is -4.33. The fourth-order valence-corrected chi connectivity index (χ4v) is 3.42. The number of anilines is 1. The SMILES string of the molecule is C[C@H]1Cc2ccccc2N1C(=O)CN(C)Cc1ccc(C(F)(F)F)cc1. The summed E-state index contributed by atoms with van der Waals surface area (Å²) in [6, 6.07) is 13.0. The zero-order valence-corrected chi connectivity index (χ0v) is 14.8. The molecular formula is C20H21F3N2O. The number of carbonyl (C=O) groups excluding carboxylic acids is 1. The van der Waals surface area contributed by atoms with Gasteiger partial charge in [-0.1, -0.05) is 30.3 Å². The summed E-state index contributed by atoms with van der Waals surface area (Å²) in [5.41, 5.74) is 2.19. The number of fused-ring (bicyclic) bond motifs is 1. The lowest BCUT2D eigenvalue weighted by molar-refractivity contribution is -0.137. The van der Waals surface area contributed by atoms with Crippen LogP contribution in [0, 0.1) is 0 Å². The van der Waals surface area contributed by atoms with Crippen LogP contribution < -0.4 is 4.90 Å². The van der Waals surface area contributed by atoms with Crippen LogP contribution in [0.3, 0.4) is 0 Å². The molecule has 1 amide bonds. The van der Waals surface area contributed by atoms with Crippen molar-refractivity contribution in [1.82, 2.24) is 4.90 Å². The van der Waals surface area contributed by atoms with Crippen LogP contribution in [0.4, 0.5) is 18.9 Å². The third kappa shape index (κ3) is 3.90. The molecule has 1 aliphatic rings. The largest absolute Gasteiger partial charge is 0.416 e. The molecule has 2 aromatic rings. The van der Waals surface area contributed by atoms with Crippen LogP contribution in [-0.4, -0.2) is 30.4 Å². The van der Waals surface area contributed by atoms with Crippen LogP contribution >= 0.6 is 0 Å². The summed E-state index contributed by atoms with van der Waals surface area (Å²) in [6.07, 6.45) is -3.50. The molecule has 0 saturated heterocycles. The maximum absolute atomic E-state index is 12.7. The number of likely N-dealkylation sites (N-methyl/N-ethyl adjacent to an activating group) is 1. The Morgan fingerprint density at radius 3 is 2.46 bits per heavy atom. The van der Waals surface area contributed by atoms with E-state index in [-0.39, 0.29) is 18.5 Å². The summed E-state index contributed by atoms with van der Waals surface area (Å²) in [7, 11) is 1.79. The van der Waals surface area contributed by atoms with E-state index < -0.39 is 11.7 Å². The summed E-state index contributed by atoms with van der Waals surface area (Å²) in [5.74, 6) is -0.00291. The van der Waals surface area contributed by atoms with Gasteiger partial charge in [0.15, 0.2) is 0 Å². The summed E-state index contributed by atoms with van der Waals surface area (Å²) < 4.78 is 37.9. The number of hydrogen-bond acceptors (Lipinski definition) is 2. The molecule has 0 fully saturated rings. The summed E-state index contributed by atoms with van der Waals surface area (Å²) in [6.45, 7) is 2.64. The van der Waals surface area contributed by atoms with Gasteiger partial charge in [0.1, 0.15) is 0 Å². The molecule has 0 radical (unpaired) electrons. The number of nitrogens with zero attached hydrogens (tertiary/aromatic N) is 2. The second-order valence-electron chi connectivity index (χ2n) is 6.81. The quantitative estimate of drug-likeness (QED) is 0.817. The number of alkyl halides is 3. The van der Waals surface area contributed by atoms with Crippen molar-refractivity contribution in [2.75, 3.05) is 18.5 Å². The molecule has 0 saturated carbocycles. The first-order valence-corrected chi connectivity index (χ1v) is 8.50. The molecule has 0 aromatic heterocycles. The number of carbonyl (C=O) groups is 1. The van der Waals surface area contributed by atoms with Gasteiger partial charge >= 0.3 is 6.18 Å². The number of amides is 1. The van der Waals surface area contributed by atoms with Crippen LogP contribution in [0.2, 0.25) is 0 Å². The number of para-hydroxylation sites is 1. The van der Waals surface area contributed by atoms with Gasteiger partial charge in [-0.3, -0.25) is 9.69 Å². The average Bonchev–Trinajstić information content (AvgIpc) is 2.90. The summed E-state index contributed by atoms with van der Waals surface area (Å²) in [4.78, 5) is 16.4. The molecule has 0 N–H and O–H groups in total. The summed E-state index contributed by atoms with van der Waals surface area (Å²) in [5, 5.41) is 0. The monoisotopic (exact) mass is 362 g/mol. The smallest absolute Gasteiger partial charge is 0.308 e. The number of rotatable bonds is 4. The van der Waals surface area contributed by atoms with Crippen LogP contribution in [0.1, 0.15) is 23.6 Å². The van der Waals surface area contributed by atoms with E-state index in [4.69, 9.17) is 0 Å². The van der Waals surface area contributed by atoms with E-state index in [0.29, 0.717) is 6.54 Å². The van der Waals surface area contributed by atoms with Gasteiger partial charge in [0.05, 0.1) is 12.1 Å². The molecule has 0 bridgehead atoms. The molecule has 0 unspecified atom stereocenters. The van der Waals surface area contributed by atoms with Crippen molar-refractivity contribution < 1.29 is 18.0 Å². The van der Waals surface area contributed by atoms with E-state index in [9.17, 15) is 18.0 Å². The third-order valence-corrected chi connectivity index (χ3v) is 4.61. The van der Waals surface area contributed by atoms with Gasteiger partial charge < -0.3 is 4.90 Å². The molecule has 6 heteroatoms. The molecule has 1 atom stereocenters. The minimum Gasteiger partial charge on any atom is -0.308 e. The number of benzene rings is 2. The molecule has 1 aliphatic heterocycles. The van der Waals surface area contributed by atoms with E-state index >= 15 is 0 Å². The first-order chi connectivity index (χ1) is 12.3. The van der Waals surface area contributed by atoms with Gasteiger partial charge in [-0.05, 0) is 49.7 Å². The Bertz CT molecular complexity index is 786. The van der Waals surface area contributed by atoms with E-state index in [1.807, 2.05) is 41.0 Å². The Hall–Kier alpha value is -2.34. The number of hydrogen-bond donors (Lipinski definition) is 0. The van der Waals surface area contributed by atoms with Gasteiger partial charge in [0.2, 0.25) is 5.91 Å². The molecule has 0 spiro atoms. The van der Waals surface area contributed by atoms with Gasteiger partial charge in [-0.15, -0.1) is 0 Å². The topological polar surface area (TPSA) is 23.6 Å². The molecular weight excluding hydrogens is 341 g/mol. The Morgan fingerprint density at radius 2 is 1.81 bits per heavy atom. The van der Waals surface area contributed by atoms with Crippen molar-refractivity contribution >= 4 is 11.6 Å². The lowest BCUT2D eigenvalue weighted by Gasteiger charge is -2.26. The highest BCUT2D eigenvalue weighted by atomic mass is 19.4. The molecule has 1 heterocycles. The molecule has 138 valence electrons. The van der Waals surface area contributed by atoms with Gasteiger partial charge in [-0.2, -0.15) is 13.2 Å². The van der Waals surface area contributed by atoms with Crippen molar-refractivity contribution in [3.05, 3.63) is 65.2 Å². The molecule has 0 aliphatic carbocycles. The maximum Gasteiger partial charge on any atom is 0.416 e. The zero-order valence-electron chi connectivity index (χ0n) is 14.8. The van der Waals surface area contributed by atoms with Crippen LogP contribution in [-0.2, 0) is 23.9 Å². The maximum atomic E-state index is 12.7. The van der Waals surface area contributed by atoms with E-state index in [1.165, 1.54) is 17.7 Å². The lowest BCUT2D eigenvalue weighted by atomic mass is 10.1. The van der Waals surface area contributed by atoms with Gasteiger partial charge in [0, 0.05) is 18.3 Å². The first-order valence-electron chi connectivity index (χ1n) is 8.50. The van der Waals surface area contributed by atoms with Crippen LogP contribution in [0.5, 0.6) is 0 Å². The summed E-state index contributed by atoms with van der Waals surface area (Å²) >= 11 is 0. The molecule has 26 heavy (non-hydrogen) atoms. The standard InChI is InChI=1S/C20H21F3N2O/c1-14-11-16-5-3-4-6-18(16)25(14)19(26)13-24(2)12-15-7-9-17(10-8-15)20(21,22)23/h3-10,14H,11-13H2,1-2H3/t14-/m0/s1. The van der Waals surface area contributed by atoms with Crippen molar-refractivity contribution in [1.29, 1.82) is 0 Å². The highest BCUT2D eigenvalue weighted by molar-refractivity contribution is 5.97. The Morgan fingerprint density at radius 1 is 1.15 bits per heavy atom. The third-order valence-electron chi connectivity index (χ3n) is 4.61. The number of halogens is 3. The van der Waals surface area contributed by atoms with Crippen LogP contribution in [0.15, 0.2) is 48.5 Å². The lowest BCUT2D eigenvalue weighted by Crippen LogP contribution is -2.41. The second kappa shape index (κ2) is 7.11. The average molecular weight is 362 g/mol. The molecule has 2 aromatic carbocycles. The van der Waals surface area contributed by atoms with Crippen molar-refractivity contribution in [2.24, 2.45) is 0 Å². The van der Waals surface area contributed by atoms with Crippen molar-refractivity contribution in [3.8, 4) is 0 Å². The highest BCUT2D eigenvalue weighted by Crippen LogP contribution is 2.32. The Kier molecular flexibility index (Phi) is 5.05. The molecule has 3 rings (SSSR count). The zero-order chi connectivity index (χ0) is 18.9. The predicted molar refractivity (Wildman–Crippen MR) is 94.9 cm³/mol. The predicted octanol–water partition coefficient (Wildman–Crippen LogP) is 4.12. The fourth-order valence-electron chi connectivity index (χ4n) is 3.42. The minimum absolute atomic E-state index is 0.00291. The Labute approximate surface area is 151 Å². The van der Waals surface area contributed by atoms with Gasteiger partial charge in [0.25, 0.3) is 0 Å². The fraction of sp³-hybridized carbons (Fsp3) is 0.350. The van der Waals surface area contributed by atoms with E-state index in [2.05, 4.69) is 0 Å². The van der Waals surface area contributed by atoms with E-state index in [0.717, 1.165) is 29.8 Å². The normalized spacial score (nSPS) is 16.8. The molecule has 3 nitrogen and oxygen atoms in total. The Balaban J connectivity index is 1.63. The van der Waals surface area contributed by atoms with Crippen LogP contribution in [0.25, 0.3) is 0 Å². The van der Waals surface area contributed by atoms with Crippen molar-refractivity contribution in [2.45, 2.75) is 32.1 Å². The highest BCUT2D eigenvalue weighted by Gasteiger charge is 2.31. The van der Waals surface area contributed by atoms with E-state index in [1.54, 1.807) is 7.05 Å². The second-order valence-corrected chi connectivity index (χ2v) is 6.81. The first kappa shape index (κ1) is 18.5. The van der Waals surface area contributed by atoms with Gasteiger partial charge in [-0.25, -0.2) is 0 Å².